The molecule has 0 unspecified atom stereocenters. The minimum absolute atomic E-state index is 0.268. The molecule has 0 fully saturated rings. The Labute approximate surface area is 205 Å². The van der Waals surface area contributed by atoms with Crippen molar-refractivity contribution in [2.45, 2.75) is 0 Å². The van der Waals surface area contributed by atoms with Crippen molar-refractivity contribution in [3.63, 3.8) is 0 Å². The van der Waals surface area contributed by atoms with E-state index in [1.165, 1.54) is 31.8 Å². The van der Waals surface area contributed by atoms with Crippen LogP contribution in [0.15, 0.2) is 103 Å². The molecule has 5 aromatic carbocycles. The molecule has 0 aliphatic rings. The van der Waals surface area contributed by atoms with Crippen LogP contribution >= 0.6 is 22.9 Å². The summed E-state index contributed by atoms with van der Waals surface area (Å²) in [6.07, 6.45) is 0. The van der Waals surface area contributed by atoms with Gasteiger partial charge in [0.2, 0.25) is 5.28 Å². The molecule has 2 heterocycles. The van der Waals surface area contributed by atoms with Crippen molar-refractivity contribution in [2.24, 2.45) is 0 Å². The molecule has 34 heavy (non-hydrogen) atoms. The van der Waals surface area contributed by atoms with Gasteiger partial charge < -0.3 is 0 Å². The highest BCUT2D eigenvalue weighted by Crippen LogP contribution is 2.46. The Hall–Kier alpha value is -3.79. The van der Waals surface area contributed by atoms with E-state index < -0.39 is 0 Å². The Balaban J connectivity index is 1.60. The number of hydrogen-bond acceptors (Lipinski definition) is 3. The first kappa shape index (κ1) is 19.7. The molecule has 0 aliphatic carbocycles. The lowest BCUT2D eigenvalue weighted by molar-refractivity contribution is 1.24. The van der Waals surface area contributed by atoms with Crippen LogP contribution in [0.2, 0.25) is 5.28 Å². The maximum absolute atomic E-state index is 6.54. The maximum atomic E-state index is 6.54. The topological polar surface area (TPSA) is 25.8 Å². The summed E-state index contributed by atoms with van der Waals surface area (Å²) < 4.78 is 2.28. The minimum Gasteiger partial charge on any atom is -0.216 e. The van der Waals surface area contributed by atoms with Gasteiger partial charge in [-0.15, -0.1) is 11.3 Å². The van der Waals surface area contributed by atoms with Crippen LogP contribution in [0.5, 0.6) is 0 Å². The second-order valence-electron chi connectivity index (χ2n) is 8.36. The van der Waals surface area contributed by atoms with Gasteiger partial charge in [-0.2, -0.15) is 0 Å². The third kappa shape index (κ3) is 2.95. The molecule has 0 bridgehead atoms. The Bertz CT molecular complexity index is 1870. The van der Waals surface area contributed by atoms with Crippen LogP contribution < -0.4 is 0 Å². The van der Waals surface area contributed by atoms with Gasteiger partial charge in [0.25, 0.3) is 0 Å². The normalized spacial score (nSPS) is 11.7. The average molecular weight is 473 g/mol. The molecule has 4 heteroatoms. The Morgan fingerprint density at radius 1 is 0.529 bits per heavy atom. The first-order valence-electron chi connectivity index (χ1n) is 11.1. The highest BCUT2D eigenvalue weighted by Gasteiger charge is 2.19. The predicted molar refractivity (Wildman–Crippen MR) is 146 cm³/mol. The van der Waals surface area contributed by atoms with Gasteiger partial charge in [0, 0.05) is 21.0 Å². The number of nitrogens with zero attached hydrogens (tertiary/aromatic N) is 2. The molecule has 0 atom stereocenters. The van der Waals surface area contributed by atoms with Crippen molar-refractivity contribution in [3.8, 4) is 22.4 Å². The first-order chi connectivity index (χ1) is 16.8. The van der Waals surface area contributed by atoms with Crippen LogP contribution in [0.25, 0.3) is 64.2 Å². The standard InChI is InChI=1S/C30H17ClN2S/c31-30-32-26(20-12-8-11-19(17-20)18-9-2-1-3-10-18)29-27(33-30)25-23-15-6-4-13-21(23)22-14-5-7-16-24(22)28(25)34-29/h1-17H. The van der Waals surface area contributed by atoms with E-state index in [0.717, 1.165) is 32.4 Å². The third-order valence-corrected chi connectivity index (χ3v) is 7.80. The van der Waals surface area contributed by atoms with Gasteiger partial charge in [-0.05, 0) is 45.0 Å². The third-order valence-electron chi connectivity index (χ3n) is 6.41. The molecule has 160 valence electrons. The van der Waals surface area contributed by atoms with E-state index in [4.69, 9.17) is 21.6 Å². The van der Waals surface area contributed by atoms with E-state index in [-0.39, 0.29) is 5.28 Å². The zero-order valence-electron chi connectivity index (χ0n) is 18.0. The summed E-state index contributed by atoms with van der Waals surface area (Å²) in [5.41, 5.74) is 5.16. The summed E-state index contributed by atoms with van der Waals surface area (Å²) in [4.78, 5) is 9.48. The monoisotopic (exact) mass is 472 g/mol. The van der Waals surface area contributed by atoms with Crippen molar-refractivity contribution in [1.29, 1.82) is 0 Å². The Morgan fingerprint density at radius 3 is 1.94 bits per heavy atom. The molecule has 2 aromatic heterocycles. The number of rotatable bonds is 2. The molecule has 0 saturated heterocycles. The highest BCUT2D eigenvalue weighted by atomic mass is 35.5. The maximum Gasteiger partial charge on any atom is 0.223 e. The Morgan fingerprint density at radius 2 is 1.15 bits per heavy atom. The molecular weight excluding hydrogens is 456 g/mol. The van der Waals surface area contributed by atoms with Crippen LogP contribution in [-0.4, -0.2) is 9.97 Å². The average Bonchev–Trinajstić information content (AvgIpc) is 3.29. The Kier molecular flexibility index (Phi) is 4.41. The number of hydrogen-bond donors (Lipinski definition) is 0. The summed E-state index contributed by atoms with van der Waals surface area (Å²) in [6.45, 7) is 0. The van der Waals surface area contributed by atoms with Crippen LogP contribution in [0.1, 0.15) is 0 Å². The fraction of sp³-hybridized carbons (Fsp3) is 0. The molecule has 0 spiro atoms. The molecule has 2 nitrogen and oxygen atoms in total. The summed E-state index contributed by atoms with van der Waals surface area (Å²) in [5, 5.41) is 6.33. The van der Waals surface area contributed by atoms with Crippen molar-refractivity contribution < 1.29 is 0 Å². The van der Waals surface area contributed by atoms with E-state index in [2.05, 4.69) is 97.1 Å². The second kappa shape index (κ2) is 7.63. The summed E-state index contributed by atoms with van der Waals surface area (Å²) in [6, 6.07) is 36.1. The molecule has 0 amide bonds. The summed E-state index contributed by atoms with van der Waals surface area (Å²) >= 11 is 8.29. The van der Waals surface area contributed by atoms with Crippen molar-refractivity contribution in [2.75, 3.05) is 0 Å². The minimum atomic E-state index is 0.268. The molecule has 0 radical (unpaired) electrons. The van der Waals surface area contributed by atoms with Gasteiger partial charge in [0.1, 0.15) is 0 Å². The number of halogens is 1. The van der Waals surface area contributed by atoms with Crippen LogP contribution in [-0.2, 0) is 0 Å². The quantitative estimate of drug-likeness (QED) is 0.185. The number of fused-ring (bicyclic) bond motifs is 8. The first-order valence-corrected chi connectivity index (χ1v) is 12.3. The number of benzene rings is 5. The number of aromatic nitrogens is 2. The van der Waals surface area contributed by atoms with E-state index in [9.17, 15) is 0 Å². The SMILES string of the molecule is Clc1nc(-c2cccc(-c3ccccc3)c2)c2sc3c4ccccc4c4ccccc4c3c2n1. The van der Waals surface area contributed by atoms with Crippen molar-refractivity contribution >= 4 is 64.8 Å². The smallest absolute Gasteiger partial charge is 0.216 e. The molecule has 0 aliphatic heterocycles. The second-order valence-corrected chi connectivity index (χ2v) is 9.72. The van der Waals surface area contributed by atoms with Crippen molar-refractivity contribution in [1.82, 2.24) is 9.97 Å². The molecule has 0 saturated carbocycles. The fourth-order valence-electron chi connectivity index (χ4n) is 4.91. The van der Waals surface area contributed by atoms with E-state index in [1.807, 2.05) is 6.07 Å². The van der Waals surface area contributed by atoms with Gasteiger partial charge in [-0.3, -0.25) is 0 Å². The van der Waals surface area contributed by atoms with Gasteiger partial charge in [0.15, 0.2) is 0 Å². The molecule has 7 rings (SSSR count). The largest absolute Gasteiger partial charge is 0.223 e. The van der Waals surface area contributed by atoms with E-state index in [1.54, 1.807) is 11.3 Å². The van der Waals surface area contributed by atoms with E-state index in [0.29, 0.717) is 0 Å². The lowest BCUT2D eigenvalue weighted by Crippen LogP contribution is -1.90. The zero-order valence-corrected chi connectivity index (χ0v) is 19.6. The summed E-state index contributed by atoms with van der Waals surface area (Å²) in [7, 11) is 0. The van der Waals surface area contributed by atoms with Crippen molar-refractivity contribution in [3.05, 3.63) is 108 Å². The zero-order chi connectivity index (χ0) is 22.6. The highest BCUT2D eigenvalue weighted by molar-refractivity contribution is 7.27. The lowest BCUT2D eigenvalue weighted by Gasteiger charge is -2.07. The van der Waals surface area contributed by atoms with Gasteiger partial charge in [-0.1, -0.05) is 97.1 Å². The van der Waals surface area contributed by atoms with Crippen LogP contribution in [0.4, 0.5) is 0 Å². The van der Waals surface area contributed by atoms with Crippen LogP contribution in [0.3, 0.4) is 0 Å². The molecule has 7 aromatic rings. The fourth-order valence-corrected chi connectivity index (χ4v) is 6.39. The lowest BCUT2D eigenvalue weighted by atomic mass is 9.98. The van der Waals surface area contributed by atoms with E-state index >= 15 is 0 Å². The summed E-state index contributed by atoms with van der Waals surface area (Å²) in [5.74, 6) is 0. The number of thiophene rings is 1. The van der Waals surface area contributed by atoms with Gasteiger partial charge in [0.05, 0.1) is 15.9 Å². The molecular formula is C30H17ClN2S. The molecule has 0 N–H and O–H groups in total. The van der Waals surface area contributed by atoms with Gasteiger partial charge in [-0.25, -0.2) is 9.97 Å². The van der Waals surface area contributed by atoms with Crippen LogP contribution in [0, 0.1) is 0 Å². The van der Waals surface area contributed by atoms with Gasteiger partial charge >= 0.3 is 0 Å². The predicted octanol–water partition coefficient (Wildman–Crippen LogP) is 9.14.